The summed E-state index contributed by atoms with van der Waals surface area (Å²) >= 11 is 0. The molecular formula is C22H32N2O3. The average Bonchev–Trinajstić information content (AvgIpc) is 3.32. The number of likely N-dealkylation sites (tertiary alicyclic amines) is 1. The third-order valence-corrected chi connectivity index (χ3v) is 6.80. The fourth-order valence-electron chi connectivity index (χ4n) is 5.67. The van der Waals surface area contributed by atoms with Gasteiger partial charge in [0, 0.05) is 38.0 Å². The van der Waals surface area contributed by atoms with E-state index in [1.54, 1.807) is 12.3 Å². The van der Waals surface area contributed by atoms with Gasteiger partial charge in [0.05, 0.1) is 23.5 Å². The van der Waals surface area contributed by atoms with E-state index >= 15 is 0 Å². The first-order valence-corrected chi connectivity index (χ1v) is 10.2. The summed E-state index contributed by atoms with van der Waals surface area (Å²) in [6, 6.07) is 1.74. The molecule has 5 nitrogen and oxygen atoms in total. The molecule has 2 bridgehead atoms. The third-order valence-electron chi connectivity index (χ3n) is 6.80. The van der Waals surface area contributed by atoms with Crippen LogP contribution in [0.1, 0.15) is 49.2 Å². The zero-order valence-corrected chi connectivity index (χ0v) is 16.8. The van der Waals surface area contributed by atoms with Crippen LogP contribution >= 0.6 is 0 Å². The Labute approximate surface area is 162 Å². The van der Waals surface area contributed by atoms with Gasteiger partial charge in [0.2, 0.25) is 0 Å². The van der Waals surface area contributed by atoms with Crippen molar-refractivity contribution in [1.29, 1.82) is 0 Å². The number of allylic oxidation sites excluding steroid dienone is 1. The van der Waals surface area contributed by atoms with Crippen LogP contribution < -0.4 is 5.32 Å². The van der Waals surface area contributed by atoms with E-state index in [4.69, 9.17) is 9.15 Å². The standard InChI is InChI=1S/C22H32N2O3/c1-5-8-21(3,4)13-24-12-18-17(19-6-9-22(18,14-24)27-19)11-23-20(25)16-7-10-26-15(16)2/h5,7,10,17-19H,1,6,8-9,11-14H2,2-4H3,(H,23,25)/t17-,18+,19+,22+/m0/s1. The fourth-order valence-corrected chi connectivity index (χ4v) is 5.67. The Morgan fingerprint density at radius 1 is 1.52 bits per heavy atom. The molecule has 0 unspecified atom stereocenters. The minimum Gasteiger partial charge on any atom is -0.469 e. The number of fused-ring (bicyclic) bond motifs is 1. The predicted octanol–water partition coefficient (Wildman–Crippen LogP) is 3.40. The van der Waals surface area contributed by atoms with E-state index < -0.39 is 0 Å². The van der Waals surface area contributed by atoms with E-state index in [0.717, 1.165) is 38.9 Å². The zero-order chi connectivity index (χ0) is 19.2. The van der Waals surface area contributed by atoms with Crippen LogP contribution in [0.3, 0.4) is 0 Å². The average molecular weight is 373 g/mol. The van der Waals surface area contributed by atoms with Crippen LogP contribution in [0.25, 0.3) is 0 Å². The summed E-state index contributed by atoms with van der Waals surface area (Å²) in [4.78, 5) is 15.0. The minimum absolute atomic E-state index is 0.00980. The van der Waals surface area contributed by atoms with E-state index in [1.165, 1.54) is 0 Å². The van der Waals surface area contributed by atoms with Crippen molar-refractivity contribution in [3.8, 4) is 0 Å². The molecule has 4 atom stereocenters. The summed E-state index contributed by atoms with van der Waals surface area (Å²) in [7, 11) is 0. The Kier molecular flexibility index (Phi) is 4.71. The number of carbonyl (C=O) groups excluding carboxylic acids is 1. The van der Waals surface area contributed by atoms with Gasteiger partial charge in [-0.05, 0) is 37.7 Å². The molecule has 148 valence electrons. The number of furan rings is 1. The van der Waals surface area contributed by atoms with E-state index in [2.05, 4.69) is 30.6 Å². The molecular weight excluding hydrogens is 340 g/mol. The lowest BCUT2D eigenvalue weighted by molar-refractivity contribution is 0.0000717. The molecule has 0 saturated carbocycles. The van der Waals surface area contributed by atoms with Crippen LogP contribution in [0, 0.1) is 24.2 Å². The Morgan fingerprint density at radius 2 is 2.33 bits per heavy atom. The Bertz CT molecular complexity index is 725. The highest BCUT2D eigenvalue weighted by molar-refractivity contribution is 5.95. The van der Waals surface area contributed by atoms with Gasteiger partial charge in [0.15, 0.2) is 0 Å². The topological polar surface area (TPSA) is 54.7 Å². The number of nitrogens with zero attached hydrogens (tertiary/aromatic N) is 1. The smallest absolute Gasteiger partial charge is 0.254 e. The van der Waals surface area contributed by atoms with Crippen molar-refractivity contribution in [2.45, 2.75) is 51.7 Å². The number of hydrogen-bond donors (Lipinski definition) is 1. The number of ether oxygens (including phenoxy) is 1. The monoisotopic (exact) mass is 372 g/mol. The molecule has 1 aromatic rings. The van der Waals surface area contributed by atoms with Crippen LogP contribution in [0.5, 0.6) is 0 Å². The normalized spacial score (nSPS) is 32.6. The van der Waals surface area contributed by atoms with Crippen LogP contribution in [-0.4, -0.2) is 48.7 Å². The predicted molar refractivity (Wildman–Crippen MR) is 105 cm³/mol. The molecule has 1 aromatic heterocycles. The maximum atomic E-state index is 12.5. The third kappa shape index (κ3) is 3.36. The molecule has 3 saturated heterocycles. The first kappa shape index (κ1) is 18.8. The largest absolute Gasteiger partial charge is 0.469 e. The van der Waals surface area contributed by atoms with Crippen molar-refractivity contribution in [1.82, 2.24) is 10.2 Å². The molecule has 4 heterocycles. The molecule has 0 aromatic carbocycles. The molecule has 3 aliphatic heterocycles. The van der Waals surface area contributed by atoms with Crippen molar-refractivity contribution in [3.05, 3.63) is 36.3 Å². The van der Waals surface area contributed by atoms with Crippen molar-refractivity contribution < 1.29 is 13.9 Å². The second-order valence-electron chi connectivity index (χ2n) is 9.46. The molecule has 1 N–H and O–H groups in total. The van der Waals surface area contributed by atoms with Gasteiger partial charge in [0.1, 0.15) is 5.76 Å². The van der Waals surface area contributed by atoms with Gasteiger partial charge in [-0.3, -0.25) is 9.69 Å². The molecule has 27 heavy (non-hydrogen) atoms. The summed E-state index contributed by atoms with van der Waals surface area (Å²) < 4.78 is 11.8. The number of amides is 1. The van der Waals surface area contributed by atoms with Gasteiger partial charge in [-0.15, -0.1) is 6.58 Å². The highest BCUT2D eigenvalue weighted by Crippen LogP contribution is 2.55. The summed E-state index contributed by atoms with van der Waals surface area (Å²) in [6.45, 7) is 14.2. The summed E-state index contributed by atoms with van der Waals surface area (Å²) in [6.07, 6.45) is 7.18. The van der Waals surface area contributed by atoms with Gasteiger partial charge >= 0.3 is 0 Å². The summed E-state index contributed by atoms with van der Waals surface area (Å²) in [5.74, 6) is 1.55. The Hall–Kier alpha value is -1.59. The molecule has 0 aliphatic carbocycles. The van der Waals surface area contributed by atoms with Gasteiger partial charge in [-0.25, -0.2) is 0 Å². The molecule has 0 radical (unpaired) electrons. The van der Waals surface area contributed by atoms with Crippen LogP contribution in [0.2, 0.25) is 0 Å². The number of carbonyl (C=O) groups is 1. The molecule has 4 rings (SSSR count). The molecule has 5 heteroatoms. The quantitative estimate of drug-likeness (QED) is 0.746. The lowest BCUT2D eigenvalue weighted by atomic mass is 9.73. The highest BCUT2D eigenvalue weighted by atomic mass is 16.5. The second kappa shape index (κ2) is 6.78. The SMILES string of the molecule is C=CCC(C)(C)CN1C[C@@H]2[C@H](CNC(=O)c3ccoc3C)[C@H]3CC[C@]2(C1)O3. The van der Waals surface area contributed by atoms with Gasteiger partial charge in [-0.2, -0.15) is 0 Å². The minimum atomic E-state index is -0.0416. The van der Waals surface area contributed by atoms with Crippen molar-refractivity contribution in [2.24, 2.45) is 17.3 Å². The van der Waals surface area contributed by atoms with Crippen LogP contribution in [-0.2, 0) is 4.74 Å². The number of aryl methyl sites for hydroxylation is 1. The number of nitrogens with one attached hydrogen (secondary N) is 1. The maximum absolute atomic E-state index is 12.5. The van der Waals surface area contributed by atoms with E-state index in [1.807, 2.05) is 13.0 Å². The molecule has 3 fully saturated rings. The van der Waals surface area contributed by atoms with E-state index in [-0.39, 0.29) is 16.9 Å². The Balaban J connectivity index is 1.40. The molecule has 1 spiro atoms. The second-order valence-corrected chi connectivity index (χ2v) is 9.46. The molecule has 1 amide bonds. The maximum Gasteiger partial charge on any atom is 0.254 e. The number of hydrogen-bond acceptors (Lipinski definition) is 4. The first-order valence-electron chi connectivity index (χ1n) is 10.2. The lowest BCUT2D eigenvalue weighted by Crippen LogP contribution is -2.41. The van der Waals surface area contributed by atoms with Crippen LogP contribution in [0.4, 0.5) is 0 Å². The number of rotatable bonds is 7. The Morgan fingerprint density at radius 3 is 3.04 bits per heavy atom. The van der Waals surface area contributed by atoms with Gasteiger partial charge in [-0.1, -0.05) is 19.9 Å². The zero-order valence-electron chi connectivity index (χ0n) is 16.8. The fraction of sp³-hybridized carbons (Fsp3) is 0.682. The van der Waals surface area contributed by atoms with Crippen molar-refractivity contribution in [3.63, 3.8) is 0 Å². The highest BCUT2D eigenvalue weighted by Gasteiger charge is 2.62. The van der Waals surface area contributed by atoms with E-state index in [0.29, 0.717) is 35.8 Å². The summed E-state index contributed by atoms with van der Waals surface area (Å²) in [5, 5.41) is 3.13. The van der Waals surface area contributed by atoms with Gasteiger partial charge < -0.3 is 14.5 Å². The van der Waals surface area contributed by atoms with Gasteiger partial charge in [0.25, 0.3) is 5.91 Å². The lowest BCUT2D eigenvalue weighted by Gasteiger charge is -2.30. The molecule has 3 aliphatic rings. The van der Waals surface area contributed by atoms with Crippen LogP contribution in [0.15, 0.2) is 29.4 Å². The van der Waals surface area contributed by atoms with Crippen molar-refractivity contribution >= 4 is 5.91 Å². The first-order chi connectivity index (χ1) is 12.8. The van der Waals surface area contributed by atoms with Crippen molar-refractivity contribution in [2.75, 3.05) is 26.2 Å². The van der Waals surface area contributed by atoms with E-state index in [9.17, 15) is 4.79 Å². The summed E-state index contributed by atoms with van der Waals surface area (Å²) in [5.41, 5.74) is 0.876.